The molecular weight excluding hydrogens is 258 g/mol. The monoisotopic (exact) mass is 275 g/mol. The quantitative estimate of drug-likeness (QED) is 0.651. The molecule has 0 amide bonds. The molecule has 100 valence electrons. The summed E-state index contributed by atoms with van der Waals surface area (Å²) in [6, 6.07) is 16.8. The molecule has 0 radical (unpaired) electrons. The highest BCUT2D eigenvalue weighted by molar-refractivity contribution is 7.85. The third-order valence-electron chi connectivity index (χ3n) is 2.63. The van der Waals surface area contributed by atoms with Gasteiger partial charge in [-0.3, -0.25) is 4.21 Å². The van der Waals surface area contributed by atoms with Crippen molar-refractivity contribution in [3.63, 3.8) is 0 Å². The lowest BCUT2D eigenvalue weighted by atomic mass is 10.3. The predicted octanol–water partition coefficient (Wildman–Crippen LogP) is 2.85. The average molecular weight is 275 g/mol. The van der Waals surface area contributed by atoms with E-state index >= 15 is 0 Å². The van der Waals surface area contributed by atoms with Crippen LogP contribution in [0.25, 0.3) is 0 Å². The Morgan fingerprint density at radius 3 is 2.37 bits per heavy atom. The Morgan fingerprint density at radius 1 is 1.00 bits per heavy atom. The van der Waals surface area contributed by atoms with Gasteiger partial charge in [0.2, 0.25) is 0 Å². The number of anilines is 1. The van der Waals surface area contributed by atoms with Crippen molar-refractivity contribution in [2.75, 3.05) is 18.1 Å². The van der Waals surface area contributed by atoms with Crippen LogP contribution < -0.4 is 10.5 Å². The first-order valence-electron chi connectivity index (χ1n) is 6.17. The average Bonchev–Trinajstić information content (AvgIpc) is 2.45. The lowest BCUT2D eigenvalue weighted by Gasteiger charge is -2.06. The molecule has 2 aromatic rings. The van der Waals surface area contributed by atoms with Crippen molar-refractivity contribution in [1.82, 2.24) is 0 Å². The van der Waals surface area contributed by atoms with Crippen LogP contribution in [0.15, 0.2) is 59.5 Å². The van der Waals surface area contributed by atoms with Gasteiger partial charge in [0, 0.05) is 16.3 Å². The number of para-hydroxylation sites is 1. The van der Waals surface area contributed by atoms with Gasteiger partial charge in [0.05, 0.1) is 17.4 Å². The molecule has 0 aliphatic rings. The van der Waals surface area contributed by atoms with Gasteiger partial charge in [0.25, 0.3) is 0 Å². The van der Waals surface area contributed by atoms with Crippen molar-refractivity contribution in [2.24, 2.45) is 0 Å². The summed E-state index contributed by atoms with van der Waals surface area (Å²) in [5.41, 5.74) is 6.28. The van der Waals surface area contributed by atoms with Crippen molar-refractivity contribution in [2.45, 2.75) is 11.3 Å². The van der Waals surface area contributed by atoms with Crippen LogP contribution in [0.1, 0.15) is 6.42 Å². The van der Waals surface area contributed by atoms with Gasteiger partial charge in [-0.2, -0.15) is 0 Å². The van der Waals surface area contributed by atoms with Crippen molar-refractivity contribution in [1.29, 1.82) is 0 Å². The maximum Gasteiger partial charge on any atom is 0.119 e. The molecule has 2 aromatic carbocycles. The molecule has 1 unspecified atom stereocenters. The molecule has 0 heterocycles. The molecule has 2 rings (SSSR count). The van der Waals surface area contributed by atoms with E-state index in [-0.39, 0.29) is 0 Å². The van der Waals surface area contributed by atoms with Crippen molar-refractivity contribution < 1.29 is 8.95 Å². The standard InChI is InChI=1S/C15H17NO2S/c16-13-7-9-15(10-8-13)19(17)12-4-11-18-14-5-2-1-3-6-14/h1-3,5-10H,4,11-12,16H2. The third-order valence-corrected chi connectivity index (χ3v) is 4.09. The number of nitrogens with two attached hydrogens (primary N) is 1. The Hall–Kier alpha value is -1.81. The molecule has 0 fully saturated rings. The number of ether oxygens (including phenoxy) is 1. The van der Waals surface area contributed by atoms with E-state index in [0.717, 1.165) is 17.1 Å². The van der Waals surface area contributed by atoms with Gasteiger partial charge < -0.3 is 10.5 Å². The molecule has 0 spiro atoms. The van der Waals surface area contributed by atoms with E-state index in [1.165, 1.54) is 0 Å². The maximum absolute atomic E-state index is 12.0. The Labute approximate surface area is 115 Å². The van der Waals surface area contributed by atoms with Gasteiger partial charge in [-0.15, -0.1) is 0 Å². The van der Waals surface area contributed by atoms with Gasteiger partial charge >= 0.3 is 0 Å². The molecule has 2 N–H and O–H groups in total. The lowest BCUT2D eigenvalue weighted by molar-refractivity contribution is 0.318. The molecule has 0 aliphatic heterocycles. The minimum Gasteiger partial charge on any atom is -0.494 e. The Kier molecular flexibility index (Phi) is 4.98. The summed E-state index contributed by atoms with van der Waals surface area (Å²) in [5.74, 6) is 1.44. The molecule has 0 saturated heterocycles. The second-order valence-corrected chi connectivity index (χ2v) is 5.70. The van der Waals surface area contributed by atoms with E-state index < -0.39 is 10.8 Å². The maximum atomic E-state index is 12.0. The van der Waals surface area contributed by atoms with E-state index in [1.54, 1.807) is 12.1 Å². The number of nitrogen functional groups attached to an aromatic ring is 1. The first-order chi connectivity index (χ1) is 9.25. The minimum atomic E-state index is -0.985. The Balaban J connectivity index is 1.74. The normalized spacial score (nSPS) is 12.0. The summed E-state index contributed by atoms with van der Waals surface area (Å²) in [6.45, 7) is 0.574. The third kappa shape index (κ3) is 4.41. The first-order valence-corrected chi connectivity index (χ1v) is 7.49. The highest BCUT2D eigenvalue weighted by atomic mass is 32.2. The number of hydrogen-bond donors (Lipinski definition) is 1. The van der Waals surface area contributed by atoms with Gasteiger partial charge in [0.1, 0.15) is 5.75 Å². The predicted molar refractivity (Wildman–Crippen MR) is 78.7 cm³/mol. The smallest absolute Gasteiger partial charge is 0.119 e. The molecular formula is C15H17NO2S. The fourth-order valence-corrected chi connectivity index (χ4v) is 2.69. The zero-order chi connectivity index (χ0) is 13.5. The van der Waals surface area contributed by atoms with Gasteiger partial charge in [-0.1, -0.05) is 18.2 Å². The molecule has 3 nitrogen and oxygen atoms in total. The molecule has 0 bridgehead atoms. The highest BCUT2D eigenvalue weighted by Gasteiger charge is 2.03. The molecule has 4 heteroatoms. The van der Waals surface area contributed by atoms with Gasteiger partial charge in [-0.25, -0.2) is 0 Å². The molecule has 0 saturated carbocycles. The summed E-state index contributed by atoms with van der Waals surface area (Å²) in [5, 5.41) is 0. The number of hydrogen-bond acceptors (Lipinski definition) is 3. The van der Waals surface area contributed by atoms with Crippen LogP contribution in [0, 0.1) is 0 Å². The Bertz CT molecular complexity index is 526. The van der Waals surface area contributed by atoms with Gasteiger partial charge in [-0.05, 0) is 42.8 Å². The molecule has 1 atom stereocenters. The van der Waals surface area contributed by atoms with Crippen molar-refractivity contribution in [3.8, 4) is 5.75 Å². The molecule has 0 aromatic heterocycles. The molecule has 0 aliphatic carbocycles. The summed E-state index contributed by atoms with van der Waals surface area (Å²) >= 11 is 0. The van der Waals surface area contributed by atoms with Crippen LogP contribution in [-0.4, -0.2) is 16.6 Å². The van der Waals surface area contributed by atoms with Crippen LogP contribution in [-0.2, 0) is 10.8 Å². The van der Waals surface area contributed by atoms with Crippen LogP contribution in [0.4, 0.5) is 5.69 Å². The summed E-state index contributed by atoms with van der Waals surface area (Å²) in [6.07, 6.45) is 0.756. The summed E-state index contributed by atoms with van der Waals surface area (Å²) < 4.78 is 17.5. The number of benzene rings is 2. The van der Waals surface area contributed by atoms with E-state index in [9.17, 15) is 4.21 Å². The van der Waals surface area contributed by atoms with Crippen LogP contribution >= 0.6 is 0 Å². The largest absolute Gasteiger partial charge is 0.494 e. The highest BCUT2D eigenvalue weighted by Crippen LogP contribution is 2.12. The zero-order valence-electron chi connectivity index (χ0n) is 10.6. The lowest BCUT2D eigenvalue weighted by Crippen LogP contribution is -2.05. The van der Waals surface area contributed by atoms with Gasteiger partial charge in [0.15, 0.2) is 0 Å². The minimum absolute atomic E-state index is 0.574. The summed E-state index contributed by atoms with van der Waals surface area (Å²) in [7, 11) is -0.985. The van der Waals surface area contributed by atoms with E-state index in [4.69, 9.17) is 10.5 Å². The van der Waals surface area contributed by atoms with Crippen LogP contribution in [0.2, 0.25) is 0 Å². The zero-order valence-corrected chi connectivity index (χ0v) is 11.4. The first kappa shape index (κ1) is 13.6. The van der Waals surface area contributed by atoms with Crippen LogP contribution in [0.3, 0.4) is 0 Å². The van der Waals surface area contributed by atoms with Crippen molar-refractivity contribution >= 4 is 16.5 Å². The van der Waals surface area contributed by atoms with E-state index in [0.29, 0.717) is 18.0 Å². The van der Waals surface area contributed by atoms with Crippen molar-refractivity contribution in [3.05, 3.63) is 54.6 Å². The molecule has 19 heavy (non-hydrogen) atoms. The van der Waals surface area contributed by atoms with E-state index in [2.05, 4.69) is 0 Å². The van der Waals surface area contributed by atoms with E-state index in [1.807, 2.05) is 42.5 Å². The SMILES string of the molecule is Nc1ccc(S(=O)CCCOc2ccccc2)cc1. The number of rotatable bonds is 6. The fourth-order valence-electron chi connectivity index (χ4n) is 1.63. The fraction of sp³-hybridized carbons (Fsp3) is 0.200. The second-order valence-electron chi connectivity index (χ2n) is 4.13. The van der Waals surface area contributed by atoms with Crippen LogP contribution in [0.5, 0.6) is 5.75 Å². The second kappa shape index (κ2) is 6.95. The summed E-state index contributed by atoms with van der Waals surface area (Å²) in [4.78, 5) is 0.814. The topological polar surface area (TPSA) is 52.3 Å². The Morgan fingerprint density at radius 2 is 1.68 bits per heavy atom.